The van der Waals surface area contributed by atoms with Gasteiger partial charge in [0.15, 0.2) is 0 Å². The number of rotatable bonds is 5. The Morgan fingerprint density at radius 3 is 2.39 bits per heavy atom. The number of carbonyl (C=O) groups excluding carboxylic acids is 1. The van der Waals surface area contributed by atoms with Crippen molar-refractivity contribution in [3.8, 4) is 28.4 Å². The van der Waals surface area contributed by atoms with Gasteiger partial charge in [-0.05, 0) is 38.1 Å². The van der Waals surface area contributed by atoms with Crippen molar-refractivity contribution in [1.82, 2.24) is 14.7 Å². The molecule has 4 rings (SSSR count). The minimum atomic E-state index is -0.0722. The van der Waals surface area contributed by atoms with Crippen molar-refractivity contribution >= 4 is 5.91 Å². The van der Waals surface area contributed by atoms with Gasteiger partial charge in [-0.2, -0.15) is 5.10 Å². The number of benzene rings is 2. The van der Waals surface area contributed by atoms with Crippen LogP contribution in [0.25, 0.3) is 16.9 Å². The van der Waals surface area contributed by atoms with Crippen molar-refractivity contribution in [2.75, 3.05) is 27.3 Å². The van der Waals surface area contributed by atoms with Crippen LogP contribution in [0.4, 0.5) is 0 Å². The number of nitrogens with zero attached hydrogens (tertiary/aromatic N) is 3. The third-order valence-corrected chi connectivity index (χ3v) is 5.34. The van der Waals surface area contributed by atoms with Gasteiger partial charge in [-0.3, -0.25) is 4.79 Å². The lowest BCUT2D eigenvalue weighted by molar-refractivity contribution is -0.0586. The summed E-state index contributed by atoms with van der Waals surface area (Å²) in [6.45, 7) is 5.05. The van der Waals surface area contributed by atoms with Crippen molar-refractivity contribution in [2.45, 2.75) is 26.1 Å². The summed E-state index contributed by atoms with van der Waals surface area (Å²) in [5, 5.41) is 4.79. The second-order valence-electron chi connectivity index (χ2n) is 7.71. The largest absolute Gasteiger partial charge is 0.497 e. The maximum atomic E-state index is 13.6. The van der Waals surface area contributed by atoms with E-state index in [0.29, 0.717) is 35.8 Å². The molecule has 0 unspecified atom stereocenters. The Morgan fingerprint density at radius 1 is 1.03 bits per heavy atom. The van der Waals surface area contributed by atoms with E-state index < -0.39 is 0 Å². The van der Waals surface area contributed by atoms with E-state index in [0.717, 1.165) is 11.3 Å². The van der Waals surface area contributed by atoms with Gasteiger partial charge in [0.05, 0.1) is 37.7 Å². The van der Waals surface area contributed by atoms with Crippen LogP contribution >= 0.6 is 0 Å². The van der Waals surface area contributed by atoms with Gasteiger partial charge < -0.3 is 19.1 Å². The van der Waals surface area contributed by atoms with Gasteiger partial charge >= 0.3 is 0 Å². The fraction of sp³-hybridized carbons (Fsp3) is 0.333. The van der Waals surface area contributed by atoms with Crippen molar-refractivity contribution in [1.29, 1.82) is 0 Å². The van der Waals surface area contributed by atoms with Gasteiger partial charge in [-0.15, -0.1) is 0 Å². The normalized spacial score (nSPS) is 18.6. The molecule has 7 heteroatoms. The second kappa shape index (κ2) is 8.81. The lowest BCUT2D eigenvalue weighted by Crippen LogP contribution is -2.48. The van der Waals surface area contributed by atoms with Gasteiger partial charge in [-0.1, -0.05) is 18.2 Å². The Morgan fingerprint density at radius 2 is 1.74 bits per heavy atom. The van der Waals surface area contributed by atoms with E-state index in [9.17, 15) is 4.79 Å². The van der Waals surface area contributed by atoms with Crippen molar-refractivity contribution in [3.63, 3.8) is 0 Å². The molecule has 0 spiro atoms. The van der Waals surface area contributed by atoms with Crippen LogP contribution in [0.2, 0.25) is 0 Å². The van der Waals surface area contributed by atoms with Crippen LogP contribution in [0.15, 0.2) is 54.7 Å². The highest BCUT2D eigenvalue weighted by molar-refractivity contribution is 6.00. The highest BCUT2D eigenvalue weighted by atomic mass is 16.5. The average Bonchev–Trinajstić information content (AvgIpc) is 3.23. The first-order valence-corrected chi connectivity index (χ1v) is 10.3. The molecule has 1 fully saturated rings. The minimum Gasteiger partial charge on any atom is -0.497 e. The van der Waals surface area contributed by atoms with Crippen LogP contribution < -0.4 is 9.47 Å². The molecule has 1 amide bonds. The van der Waals surface area contributed by atoms with Crippen LogP contribution in [0, 0.1) is 0 Å². The number of ether oxygens (including phenoxy) is 3. The van der Waals surface area contributed by atoms with Crippen LogP contribution in [0.3, 0.4) is 0 Å². The standard InChI is InChI=1S/C24H27N3O4/c1-16-13-26(14-17(2)31-16)24(28)21-15-27(18-8-6-5-7-9-18)25-23(21)20-11-10-19(29-3)12-22(20)30-4/h5-12,15-17H,13-14H2,1-4H3/t16-,17-/m1/s1. The number of hydrogen-bond acceptors (Lipinski definition) is 5. The van der Waals surface area contributed by atoms with Gasteiger partial charge in [0.25, 0.3) is 5.91 Å². The Labute approximate surface area is 182 Å². The van der Waals surface area contributed by atoms with E-state index >= 15 is 0 Å². The molecule has 2 aromatic carbocycles. The number of methoxy groups -OCH3 is 2. The third kappa shape index (κ3) is 4.27. The molecule has 1 aromatic heterocycles. The quantitative estimate of drug-likeness (QED) is 0.627. The number of amides is 1. The molecule has 0 bridgehead atoms. The van der Waals surface area contributed by atoms with E-state index in [4.69, 9.17) is 19.3 Å². The van der Waals surface area contributed by atoms with Crippen molar-refractivity contribution in [3.05, 3.63) is 60.3 Å². The van der Waals surface area contributed by atoms with E-state index in [1.165, 1.54) is 0 Å². The van der Waals surface area contributed by atoms with Gasteiger partial charge in [0, 0.05) is 30.9 Å². The first kappa shape index (κ1) is 20.9. The molecule has 0 radical (unpaired) electrons. The van der Waals surface area contributed by atoms with Gasteiger partial charge in [0.2, 0.25) is 0 Å². The summed E-state index contributed by atoms with van der Waals surface area (Å²) >= 11 is 0. The maximum Gasteiger partial charge on any atom is 0.257 e. The summed E-state index contributed by atoms with van der Waals surface area (Å²) < 4.78 is 18.5. The Bertz CT molecular complexity index is 1050. The molecule has 0 aliphatic carbocycles. The predicted octanol–water partition coefficient (Wildman–Crippen LogP) is 3.81. The van der Waals surface area contributed by atoms with Gasteiger partial charge in [-0.25, -0.2) is 4.68 Å². The maximum absolute atomic E-state index is 13.6. The number of morpholine rings is 1. The molecule has 162 valence electrons. The molecular formula is C24H27N3O4. The molecule has 0 N–H and O–H groups in total. The van der Waals surface area contributed by atoms with E-state index in [2.05, 4.69) is 0 Å². The fourth-order valence-corrected chi connectivity index (χ4v) is 3.95. The lowest BCUT2D eigenvalue weighted by atomic mass is 10.0. The number of para-hydroxylation sites is 1. The molecule has 7 nitrogen and oxygen atoms in total. The highest BCUT2D eigenvalue weighted by Gasteiger charge is 2.30. The number of aromatic nitrogens is 2. The summed E-state index contributed by atoms with van der Waals surface area (Å²) in [5.41, 5.74) is 2.70. The monoisotopic (exact) mass is 421 g/mol. The molecule has 2 heterocycles. The summed E-state index contributed by atoms with van der Waals surface area (Å²) in [7, 11) is 3.20. The van der Waals surface area contributed by atoms with Crippen LogP contribution in [0.5, 0.6) is 11.5 Å². The molecule has 1 saturated heterocycles. The summed E-state index contributed by atoms with van der Waals surface area (Å²) in [4.78, 5) is 15.4. The zero-order valence-electron chi connectivity index (χ0n) is 18.2. The molecule has 2 atom stereocenters. The number of carbonyl (C=O) groups is 1. The molecule has 0 saturated carbocycles. The van der Waals surface area contributed by atoms with Crippen LogP contribution in [-0.4, -0.2) is 60.1 Å². The molecular weight excluding hydrogens is 394 g/mol. The number of hydrogen-bond donors (Lipinski definition) is 0. The molecule has 1 aliphatic heterocycles. The first-order chi connectivity index (χ1) is 15.0. The SMILES string of the molecule is COc1ccc(-c2nn(-c3ccccc3)cc2C(=O)N2C[C@@H](C)O[C@H](C)C2)c(OC)c1. The summed E-state index contributed by atoms with van der Waals surface area (Å²) in [6.07, 6.45) is 1.76. The topological polar surface area (TPSA) is 65.8 Å². The zero-order chi connectivity index (χ0) is 22.0. The van der Waals surface area contributed by atoms with E-state index in [-0.39, 0.29) is 18.1 Å². The summed E-state index contributed by atoms with van der Waals surface area (Å²) in [6, 6.07) is 15.2. The third-order valence-electron chi connectivity index (χ3n) is 5.34. The minimum absolute atomic E-state index is 0.0177. The Hall–Kier alpha value is -3.32. The Balaban J connectivity index is 1.82. The van der Waals surface area contributed by atoms with E-state index in [1.54, 1.807) is 31.2 Å². The lowest BCUT2D eigenvalue weighted by Gasteiger charge is -2.35. The van der Waals surface area contributed by atoms with Crippen LogP contribution in [-0.2, 0) is 4.74 Å². The van der Waals surface area contributed by atoms with Gasteiger partial charge in [0.1, 0.15) is 17.2 Å². The first-order valence-electron chi connectivity index (χ1n) is 10.3. The Kier molecular flexibility index (Phi) is 5.95. The van der Waals surface area contributed by atoms with Crippen molar-refractivity contribution in [2.24, 2.45) is 0 Å². The van der Waals surface area contributed by atoms with Crippen molar-refractivity contribution < 1.29 is 19.0 Å². The molecule has 1 aliphatic rings. The summed E-state index contributed by atoms with van der Waals surface area (Å²) in [5.74, 6) is 1.19. The molecule has 3 aromatic rings. The predicted molar refractivity (Wildman–Crippen MR) is 118 cm³/mol. The van der Waals surface area contributed by atoms with Crippen LogP contribution in [0.1, 0.15) is 24.2 Å². The molecule has 31 heavy (non-hydrogen) atoms. The zero-order valence-corrected chi connectivity index (χ0v) is 18.2. The second-order valence-corrected chi connectivity index (χ2v) is 7.71. The highest BCUT2D eigenvalue weighted by Crippen LogP contribution is 2.35. The smallest absolute Gasteiger partial charge is 0.257 e. The average molecular weight is 421 g/mol. The fourth-order valence-electron chi connectivity index (χ4n) is 3.95. The van der Waals surface area contributed by atoms with E-state index in [1.807, 2.05) is 61.2 Å².